The van der Waals surface area contributed by atoms with E-state index in [9.17, 15) is 18.0 Å². The van der Waals surface area contributed by atoms with Gasteiger partial charge in [0.2, 0.25) is 0 Å². The average molecular weight is 558 g/mol. The van der Waals surface area contributed by atoms with Crippen LogP contribution in [0.15, 0.2) is 68.5 Å². The van der Waals surface area contributed by atoms with Crippen LogP contribution in [0.25, 0.3) is 5.69 Å². The molecule has 37 heavy (non-hydrogen) atoms. The third-order valence-electron chi connectivity index (χ3n) is 5.71. The minimum atomic E-state index is -4.04. The van der Waals surface area contributed by atoms with Gasteiger partial charge in [-0.25, -0.2) is 22.6 Å². The van der Waals surface area contributed by atoms with Crippen LogP contribution in [0.4, 0.5) is 5.82 Å². The van der Waals surface area contributed by atoms with Gasteiger partial charge in [-0.1, -0.05) is 55.0 Å². The highest BCUT2D eigenvalue weighted by Gasteiger charge is 2.31. The number of fused-ring (bicyclic) bond motifs is 1. The number of esters is 1. The number of ether oxygens (including phenoxy) is 1. The van der Waals surface area contributed by atoms with Crippen LogP contribution in [0, 0.1) is 13.8 Å². The Bertz CT molecular complexity index is 1540. The summed E-state index contributed by atoms with van der Waals surface area (Å²) in [5.74, 6) is 0.0590. The summed E-state index contributed by atoms with van der Waals surface area (Å²) >= 11 is 2.79. The number of anilines is 1. The second-order valence-electron chi connectivity index (χ2n) is 8.48. The van der Waals surface area contributed by atoms with E-state index in [1.807, 2.05) is 25.1 Å². The second kappa shape index (κ2) is 11.1. The van der Waals surface area contributed by atoms with Crippen LogP contribution in [0.1, 0.15) is 46.3 Å². The number of benzene rings is 2. The fraction of sp³-hybridized carbons (Fsp3) is 0.269. The molecule has 1 unspecified atom stereocenters. The fourth-order valence-corrected chi connectivity index (χ4v) is 7.35. The number of nitrogens with zero attached hydrogens (tertiary/aromatic N) is 2. The molecule has 1 N–H and O–H groups in total. The number of aromatic nitrogens is 2. The van der Waals surface area contributed by atoms with Gasteiger partial charge < -0.3 is 4.74 Å². The Hall–Kier alpha value is -3.15. The summed E-state index contributed by atoms with van der Waals surface area (Å²) in [4.78, 5) is 30.5. The molecule has 0 spiro atoms. The number of carbonyl (C=O) groups excluding carboxylic acids is 1. The molecule has 194 valence electrons. The van der Waals surface area contributed by atoms with E-state index in [0.29, 0.717) is 14.8 Å². The van der Waals surface area contributed by atoms with Crippen molar-refractivity contribution in [2.75, 3.05) is 17.1 Å². The zero-order chi connectivity index (χ0) is 26.7. The van der Waals surface area contributed by atoms with Gasteiger partial charge in [-0.2, -0.15) is 4.98 Å². The first-order valence-corrected chi connectivity index (χ1v) is 14.9. The summed E-state index contributed by atoms with van der Waals surface area (Å²) in [6.07, 6.45) is 0. The molecule has 2 aromatic rings. The molecule has 1 atom stereocenters. The molecule has 0 saturated carbocycles. The molecule has 11 heteroatoms. The van der Waals surface area contributed by atoms with E-state index in [4.69, 9.17) is 4.74 Å². The molecule has 2 heterocycles. The molecule has 2 aromatic carbocycles. The number of hydrogen-bond acceptors (Lipinski definition) is 8. The van der Waals surface area contributed by atoms with Crippen molar-refractivity contribution in [3.05, 3.63) is 86.8 Å². The zero-order valence-corrected chi connectivity index (χ0v) is 23.3. The largest absolute Gasteiger partial charge is 0.461 e. The lowest BCUT2D eigenvalue weighted by Gasteiger charge is -2.18. The number of nitrogens with one attached hydrogen (secondary N) is 1. The lowest BCUT2D eigenvalue weighted by atomic mass is 10.0. The zero-order valence-electron chi connectivity index (χ0n) is 20.8. The normalized spacial score (nSPS) is 12.4. The van der Waals surface area contributed by atoms with Crippen LogP contribution >= 0.6 is 23.1 Å². The van der Waals surface area contributed by atoms with E-state index in [2.05, 4.69) is 28.8 Å². The predicted molar refractivity (Wildman–Crippen MR) is 147 cm³/mol. The van der Waals surface area contributed by atoms with Gasteiger partial charge in [-0.15, -0.1) is 23.1 Å². The van der Waals surface area contributed by atoms with Crippen molar-refractivity contribution in [1.29, 1.82) is 0 Å². The predicted octanol–water partition coefficient (Wildman–Crippen LogP) is 5.22. The van der Waals surface area contributed by atoms with Crippen LogP contribution in [0.3, 0.4) is 0 Å². The van der Waals surface area contributed by atoms with Gasteiger partial charge >= 0.3 is 11.7 Å². The maximum absolute atomic E-state index is 13.2. The Morgan fingerprint density at radius 1 is 1.14 bits per heavy atom. The topological polar surface area (TPSA) is 107 Å². The lowest BCUT2D eigenvalue weighted by molar-refractivity contribution is 0.0515. The van der Waals surface area contributed by atoms with Gasteiger partial charge in [0.15, 0.2) is 5.82 Å². The Balaban J connectivity index is 1.80. The third kappa shape index (κ3) is 5.73. The van der Waals surface area contributed by atoms with Gasteiger partial charge in [0, 0.05) is 10.6 Å². The first-order chi connectivity index (χ1) is 17.6. The summed E-state index contributed by atoms with van der Waals surface area (Å²) < 4.78 is 35.8. The molecule has 8 nitrogen and oxygen atoms in total. The van der Waals surface area contributed by atoms with Gasteiger partial charge in [-0.3, -0.25) is 4.72 Å². The molecule has 0 fully saturated rings. The van der Waals surface area contributed by atoms with Crippen LogP contribution in [-0.2, 0) is 14.8 Å². The third-order valence-corrected chi connectivity index (χ3v) is 9.67. The number of imidazole rings is 1. The minimum absolute atomic E-state index is 0.0417. The first-order valence-electron chi connectivity index (χ1n) is 11.6. The molecule has 0 aromatic heterocycles. The number of sulfonamides is 1. The second-order valence-corrected chi connectivity index (χ2v) is 12.7. The maximum atomic E-state index is 13.2. The summed E-state index contributed by atoms with van der Waals surface area (Å²) in [6, 6.07) is 16.4. The Morgan fingerprint density at radius 3 is 2.46 bits per heavy atom. The minimum Gasteiger partial charge on any atom is -0.461 e. The van der Waals surface area contributed by atoms with Crippen molar-refractivity contribution < 1.29 is 17.9 Å². The average Bonchev–Trinajstić information content (AvgIpc) is 3.18. The van der Waals surface area contributed by atoms with E-state index in [1.165, 1.54) is 35.2 Å². The summed E-state index contributed by atoms with van der Waals surface area (Å²) in [5, 5.41) is 0. The summed E-state index contributed by atoms with van der Waals surface area (Å²) in [7, 11) is -4.04. The standard InChI is InChI=1S/C26H27N3O5S3/c1-5-34-24(30)21-18(4)36-25(35-15-17(3)19-9-7-6-8-10-19)22-23(27-26(31)29(21)22)28-37(32,33)20-13-11-16(2)12-14-20/h6-14,17H,5,15H2,1-4H3,(H,27,28,31). The van der Waals surface area contributed by atoms with Crippen molar-refractivity contribution in [1.82, 2.24) is 9.55 Å². The Kier molecular flexibility index (Phi) is 8.05. The van der Waals surface area contributed by atoms with Crippen molar-refractivity contribution in [2.45, 2.75) is 42.7 Å². The summed E-state index contributed by atoms with van der Waals surface area (Å²) in [6.45, 7) is 7.50. The van der Waals surface area contributed by atoms with Crippen molar-refractivity contribution >= 4 is 44.9 Å². The smallest absolute Gasteiger partial charge is 0.356 e. The Labute approximate surface area is 224 Å². The van der Waals surface area contributed by atoms with E-state index in [1.54, 1.807) is 26.0 Å². The van der Waals surface area contributed by atoms with Crippen LogP contribution in [0.2, 0.25) is 0 Å². The molecule has 0 radical (unpaired) electrons. The number of rotatable bonds is 9. The molecule has 4 rings (SSSR count). The van der Waals surface area contributed by atoms with Crippen molar-refractivity contribution in [2.24, 2.45) is 0 Å². The van der Waals surface area contributed by atoms with Gasteiger partial charge in [0.25, 0.3) is 10.0 Å². The van der Waals surface area contributed by atoms with Gasteiger partial charge in [-0.05, 0) is 44.4 Å². The Morgan fingerprint density at radius 2 is 1.81 bits per heavy atom. The van der Waals surface area contributed by atoms with Crippen LogP contribution < -0.4 is 10.4 Å². The fourth-order valence-electron chi connectivity index (χ4n) is 3.77. The highest BCUT2D eigenvalue weighted by molar-refractivity contribution is 8.01. The van der Waals surface area contributed by atoms with Crippen molar-refractivity contribution in [3.63, 3.8) is 0 Å². The summed E-state index contributed by atoms with van der Waals surface area (Å²) in [5.41, 5.74) is 1.60. The van der Waals surface area contributed by atoms with Crippen LogP contribution in [-0.4, -0.2) is 36.3 Å². The molecule has 2 aliphatic rings. The van der Waals surface area contributed by atoms with E-state index in [-0.39, 0.29) is 34.6 Å². The number of thioether (sulfide) groups is 1. The molecular weight excluding hydrogens is 531 g/mol. The van der Waals surface area contributed by atoms with E-state index in [0.717, 1.165) is 15.7 Å². The molecule has 0 aliphatic carbocycles. The maximum Gasteiger partial charge on any atom is 0.356 e. The van der Waals surface area contributed by atoms with E-state index < -0.39 is 21.7 Å². The molecule has 0 bridgehead atoms. The number of carbonyl (C=O) groups is 1. The van der Waals surface area contributed by atoms with Gasteiger partial charge in [0.05, 0.1) is 15.7 Å². The SMILES string of the molecule is CCOC(=O)c1c(C)sc(SCC(C)c2ccccc2)c2c(NS(=O)(=O)c3ccc(C)cc3)nc(=O)n1-2. The highest BCUT2D eigenvalue weighted by Crippen LogP contribution is 2.40. The van der Waals surface area contributed by atoms with Crippen LogP contribution in [0.5, 0.6) is 0 Å². The van der Waals surface area contributed by atoms with Crippen molar-refractivity contribution in [3.8, 4) is 5.69 Å². The quantitative estimate of drug-likeness (QED) is 0.222. The monoisotopic (exact) mass is 557 g/mol. The lowest BCUT2D eigenvalue weighted by Crippen LogP contribution is -2.24. The van der Waals surface area contributed by atoms with E-state index >= 15 is 0 Å². The molecule has 0 amide bonds. The number of aryl methyl sites for hydroxylation is 2. The number of hydrogen-bond donors (Lipinski definition) is 1. The first kappa shape index (κ1) is 26.9. The molecular formula is C26H27N3O5S3. The molecule has 0 saturated heterocycles. The molecule has 2 aliphatic heterocycles. The van der Waals surface area contributed by atoms with Gasteiger partial charge in [0.1, 0.15) is 11.4 Å². The highest BCUT2D eigenvalue weighted by atomic mass is 32.2.